The molecule has 0 bridgehead atoms. The normalized spacial score (nSPS) is 15.6. The lowest BCUT2D eigenvalue weighted by Crippen LogP contribution is -2.25. The molecule has 28 heavy (non-hydrogen) atoms. The zero-order valence-electron chi connectivity index (χ0n) is 16.1. The van der Waals surface area contributed by atoms with Crippen molar-refractivity contribution in [3.05, 3.63) is 46.3 Å². The molecule has 1 aliphatic heterocycles. The summed E-state index contributed by atoms with van der Waals surface area (Å²) in [5.41, 5.74) is 6.55. The van der Waals surface area contributed by atoms with Crippen molar-refractivity contribution in [2.45, 2.75) is 33.2 Å². The van der Waals surface area contributed by atoms with Crippen molar-refractivity contribution in [1.29, 1.82) is 0 Å². The van der Waals surface area contributed by atoms with Crippen LogP contribution in [0, 0.1) is 19.8 Å². The summed E-state index contributed by atoms with van der Waals surface area (Å²) in [5, 5.41) is 1.11. The van der Waals surface area contributed by atoms with Crippen molar-refractivity contribution < 1.29 is 4.74 Å². The van der Waals surface area contributed by atoms with Gasteiger partial charge >= 0.3 is 5.69 Å². The van der Waals surface area contributed by atoms with Gasteiger partial charge < -0.3 is 9.72 Å². The maximum atomic E-state index is 12.5. The highest BCUT2D eigenvalue weighted by Gasteiger charge is 2.18. The molecular weight excluding hydrogens is 354 g/mol. The van der Waals surface area contributed by atoms with Gasteiger partial charge in [-0.2, -0.15) is 0 Å². The van der Waals surface area contributed by atoms with Crippen molar-refractivity contribution >= 4 is 22.2 Å². The number of ether oxygens (including phenoxy) is 1. The quantitative estimate of drug-likeness (QED) is 0.573. The van der Waals surface area contributed by atoms with Crippen LogP contribution in [0.2, 0.25) is 0 Å². The Morgan fingerprint density at radius 2 is 1.79 bits per heavy atom. The van der Waals surface area contributed by atoms with Gasteiger partial charge in [0.2, 0.25) is 0 Å². The minimum atomic E-state index is -0.100. The second kappa shape index (κ2) is 6.60. The molecule has 7 nitrogen and oxygen atoms in total. The maximum Gasteiger partial charge on any atom is 0.327 e. The summed E-state index contributed by atoms with van der Waals surface area (Å²) in [6, 6.07) is 4.18. The molecule has 5 rings (SSSR count). The Hall–Kier alpha value is -2.93. The smallest absolute Gasteiger partial charge is 0.327 e. The van der Waals surface area contributed by atoms with Crippen molar-refractivity contribution in [2.75, 3.05) is 13.2 Å². The van der Waals surface area contributed by atoms with Crippen LogP contribution in [0.25, 0.3) is 33.3 Å². The van der Waals surface area contributed by atoms with Crippen molar-refractivity contribution in [3.63, 3.8) is 0 Å². The summed E-state index contributed by atoms with van der Waals surface area (Å²) < 4.78 is 7.26. The van der Waals surface area contributed by atoms with Crippen LogP contribution in [-0.2, 0) is 11.3 Å². The van der Waals surface area contributed by atoms with Gasteiger partial charge in [0.1, 0.15) is 5.65 Å². The first kappa shape index (κ1) is 17.2. The number of nitrogens with one attached hydrogen (secondary N) is 2. The summed E-state index contributed by atoms with van der Waals surface area (Å²) in [5.74, 6) is 0.456. The monoisotopic (exact) mass is 377 g/mol. The van der Waals surface area contributed by atoms with Crippen LogP contribution in [0.4, 0.5) is 0 Å². The Morgan fingerprint density at radius 3 is 2.57 bits per heavy atom. The third kappa shape index (κ3) is 2.82. The van der Waals surface area contributed by atoms with Gasteiger partial charge in [-0.25, -0.2) is 14.8 Å². The standard InChI is InChI=1S/C21H23N5O2/c1-12-13(2)24-19-17(12)7-15(9-22-19)16-8-18-20(23-10-16)25-21(27)26(18)11-14-3-5-28-6-4-14/h7-10,14H,3-6,11H2,1-2H3,(H,22,24)(H,23,25,27). The molecular formula is C21H23N5O2. The Morgan fingerprint density at radius 1 is 1.07 bits per heavy atom. The van der Waals surface area contributed by atoms with Crippen molar-refractivity contribution in [1.82, 2.24) is 24.5 Å². The highest BCUT2D eigenvalue weighted by atomic mass is 16.5. The molecule has 1 aliphatic rings. The number of imidazole rings is 1. The number of aromatic nitrogens is 5. The fraction of sp³-hybridized carbons (Fsp3) is 0.381. The first-order valence-electron chi connectivity index (χ1n) is 9.72. The number of H-pyrrole nitrogens is 2. The van der Waals surface area contributed by atoms with Crippen LogP contribution in [0.1, 0.15) is 24.1 Å². The zero-order valence-corrected chi connectivity index (χ0v) is 16.1. The summed E-state index contributed by atoms with van der Waals surface area (Å²) in [7, 11) is 0. The lowest BCUT2D eigenvalue weighted by atomic mass is 10.0. The van der Waals surface area contributed by atoms with Gasteiger partial charge in [0, 0.05) is 54.4 Å². The van der Waals surface area contributed by atoms with E-state index in [1.54, 1.807) is 6.20 Å². The van der Waals surface area contributed by atoms with E-state index in [4.69, 9.17) is 4.74 Å². The van der Waals surface area contributed by atoms with Crippen molar-refractivity contribution in [3.8, 4) is 11.1 Å². The van der Waals surface area contributed by atoms with Gasteiger partial charge in [-0.3, -0.25) is 9.55 Å². The topological polar surface area (TPSA) is 88.6 Å². The van der Waals surface area contributed by atoms with Gasteiger partial charge in [-0.05, 0) is 50.3 Å². The molecule has 4 aromatic rings. The molecule has 4 aromatic heterocycles. The van der Waals surface area contributed by atoms with E-state index in [9.17, 15) is 4.79 Å². The second-order valence-electron chi connectivity index (χ2n) is 7.68. The van der Waals surface area contributed by atoms with E-state index in [2.05, 4.69) is 39.8 Å². The molecule has 2 N–H and O–H groups in total. The third-order valence-electron chi connectivity index (χ3n) is 5.90. The number of fused-ring (bicyclic) bond motifs is 2. The van der Waals surface area contributed by atoms with Gasteiger partial charge in [-0.15, -0.1) is 0 Å². The highest BCUT2D eigenvalue weighted by Crippen LogP contribution is 2.27. The van der Waals surface area contributed by atoms with Crippen molar-refractivity contribution in [2.24, 2.45) is 5.92 Å². The number of aryl methyl sites for hydroxylation is 2. The predicted octanol–water partition coefficient (Wildman–Crippen LogP) is 3.31. The van der Waals surface area contributed by atoms with Crippen LogP contribution in [0.3, 0.4) is 0 Å². The van der Waals surface area contributed by atoms with E-state index in [0.717, 1.165) is 59.4 Å². The fourth-order valence-electron chi connectivity index (χ4n) is 4.04. The lowest BCUT2D eigenvalue weighted by molar-refractivity contribution is 0.0613. The Labute approximate surface area is 161 Å². The molecule has 0 atom stereocenters. The van der Waals surface area contributed by atoms with E-state index in [0.29, 0.717) is 18.1 Å². The average molecular weight is 377 g/mol. The molecule has 0 saturated carbocycles. The zero-order chi connectivity index (χ0) is 19.3. The van der Waals surface area contributed by atoms with Crippen LogP contribution in [-0.4, -0.2) is 37.7 Å². The number of hydrogen-bond donors (Lipinski definition) is 2. The Balaban J connectivity index is 1.58. The molecule has 7 heteroatoms. The maximum absolute atomic E-state index is 12.5. The third-order valence-corrected chi connectivity index (χ3v) is 5.90. The molecule has 144 valence electrons. The SMILES string of the molecule is Cc1[nH]c2ncc(-c3cnc4[nH]c(=O)n(CC5CCOCC5)c4c3)cc2c1C. The molecule has 1 saturated heterocycles. The van der Waals surface area contributed by atoms with E-state index in [1.807, 2.05) is 16.8 Å². The lowest BCUT2D eigenvalue weighted by Gasteiger charge is -2.22. The number of nitrogens with zero attached hydrogens (tertiary/aromatic N) is 3. The molecule has 0 aromatic carbocycles. The second-order valence-corrected chi connectivity index (χ2v) is 7.68. The van der Waals surface area contributed by atoms with E-state index in [-0.39, 0.29) is 5.69 Å². The first-order chi connectivity index (χ1) is 13.6. The van der Waals surface area contributed by atoms with E-state index >= 15 is 0 Å². The molecule has 0 spiro atoms. The summed E-state index contributed by atoms with van der Waals surface area (Å²) in [4.78, 5) is 27.8. The Kier molecular flexibility index (Phi) is 4.05. The molecule has 0 aliphatic carbocycles. The van der Waals surface area contributed by atoms with Crippen LogP contribution in [0.5, 0.6) is 0 Å². The fourth-order valence-corrected chi connectivity index (χ4v) is 4.04. The molecule has 1 fully saturated rings. The van der Waals surface area contributed by atoms with E-state index < -0.39 is 0 Å². The highest BCUT2D eigenvalue weighted by molar-refractivity contribution is 5.87. The first-order valence-corrected chi connectivity index (χ1v) is 9.72. The van der Waals surface area contributed by atoms with Gasteiger partial charge in [0.05, 0.1) is 5.52 Å². The molecule has 0 unspecified atom stereocenters. The molecule has 0 radical (unpaired) electrons. The molecule has 0 amide bonds. The molecule has 5 heterocycles. The minimum Gasteiger partial charge on any atom is -0.381 e. The summed E-state index contributed by atoms with van der Waals surface area (Å²) in [6.45, 7) is 6.39. The van der Waals surface area contributed by atoms with Gasteiger partial charge in [0.25, 0.3) is 0 Å². The largest absolute Gasteiger partial charge is 0.381 e. The number of aromatic amines is 2. The van der Waals surface area contributed by atoms with Gasteiger partial charge in [0.15, 0.2) is 5.65 Å². The van der Waals surface area contributed by atoms with Gasteiger partial charge in [-0.1, -0.05) is 0 Å². The minimum absolute atomic E-state index is 0.100. The Bertz CT molecular complexity index is 1230. The average Bonchev–Trinajstić information content (AvgIpc) is 3.18. The summed E-state index contributed by atoms with van der Waals surface area (Å²) in [6.07, 6.45) is 5.63. The number of rotatable bonds is 3. The number of hydrogen-bond acceptors (Lipinski definition) is 4. The summed E-state index contributed by atoms with van der Waals surface area (Å²) >= 11 is 0. The van der Waals surface area contributed by atoms with Crippen LogP contribution >= 0.6 is 0 Å². The number of pyridine rings is 2. The predicted molar refractivity (Wildman–Crippen MR) is 108 cm³/mol. The van der Waals surface area contributed by atoms with Crippen LogP contribution in [0.15, 0.2) is 29.3 Å². The van der Waals surface area contributed by atoms with Crippen LogP contribution < -0.4 is 5.69 Å². The van der Waals surface area contributed by atoms with E-state index in [1.165, 1.54) is 5.56 Å².